The van der Waals surface area contributed by atoms with E-state index in [0.29, 0.717) is 27.3 Å². The summed E-state index contributed by atoms with van der Waals surface area (Å²) in [6.45, 7) is 7.00. The molecule has 3 aliphatic rings. The zero-order valence-electron chi connectivity index (χ0n) is 13.7. The third kappa shape index (κ3) is 21.4. The van der Waals surface area contributed by atoms with E-state index in [4.69, 9.17) is 10.2 Å². The summed E-state index contributed by atoms with van der Waals surface area (Å²) in [4.78, 5) is 27.1. The molecule has 0 saturated carbocycles. The molecular weight excluding hydrogens is 779 g/mol. The molecule has 0 spiro atoms. The van der Waals surface area contributed by atoms with Gasteiger partial charge in [0.05, 0.1) is 22.4 Å². The fourth-order valence-electron chi connectivity index (χ4n) is 1.00. The van der Waals surface area contributed by atoms with Crippen LogP contribution >= 0.6 is 35.3 Å². The van der Waals surface area contributed by atoms with Crippen LogP contribution in [0.3, 0.4) is 0 Å². The molecule has 0 atom stereocenters. The zero-order chi connectivity index (χ0) is 15.8. The fraction of sp³-hybridized carbons (Fsp3) is 0.273. The summed E-state index contributed by atoms with van der Waals surface area (Å²) < 4.78 is 0. The van der Waals surface area contributed by atoms with Gasteiger partial charge in [0, 0.05) is 169 Å². The first-order valence-electron chi connectivity index (χ1n) is 5.44. The van der Waals surface area contributed by atoms with E-state index >= 15 is 0 Å². The van der Waals surface area contributed by atoms with E-state index in [1.807, 2.05) is 0 Å². The summed E-state index contributed by atoms with van der Waals surface area (Å²) in [5.41, 5.74) is 0. The van der Waals surface area contributed by atoms with Gasteiger partial charge in [-0.1, -0.05) is 30.1 Å². The van der Waals surface area contributed by atoms with Crippen molar-refractivity contribution >= 4 is 58.2 Å². The number of rotatable bonds is 0. The third-order valence-electron chi connectivity index (χ3n) is 1.78. The number of thioether (sulfide) groups is 3. The van der Waals surface area contributed by atoms with E-state index in [1.54, 1.807) is 0 Å². The van der Waals surface area contributed by atoms with Gasteiger partial charge in [-0.3, -0.25) is 4.79 Å². The quantitative estimate of drug-likeness (QED) is 0.388. The Labute approximate surface area is 291 Å². The third-order valence-corrected chi connectivity index (χ3v) is 4.16. The van der Waals surface area contributed by atoms with Crippen molar-refractivity contribution < 1.29 is 183 Å². The zero-order valence-corrected chi connectivity index (χ0v) is 30.3. The first-order chi connectivity index (χ1) is 9.86. The Balaban J connectivity index is -0.0000000774. The molecule has 15 heteroatoms. The Bertz CT molecular complexity index is 503. The fourth-order valence-corrected chi connectivity index (χ4v) is 2.54. The maximum atomic E-state index is 10.2. The Hall–Kier alpha value is 4.13. The number of carbonyl (C=O) groups is 2. The van der Waals surface area contributed by atoms with Gasteiger partial charge in [-0.15, -0.1) is 23.4 Å². The second kappa shape index (κ2) is 23.8. The minimum Gasteiger partial charge on any atom is -0.621 e. The van der Waals surface area contributed by atoms with Crippen LogP contribution in [0.25, 0.3) is 5.32 Å². The van der Waals surface area contributed by atoms with Crippen LogP contribution in [0, 0.1) is 0 Å². The molecule has 2 amide bonds. The van der Waals surface area contributed by atoms with Crippen molar-refractivity contribution in [2.45, 2.75) is 0 Å². The van der Waals surface area contributed by atoms with Gasteiger partial charge in [0.1, 0.15) is 0 Å². The molecule has 0 aliphatic carbocycles. The molecule has 7 nitrogen and oxygen atoms in total. The molecule has 5 radical (unpaired) electrons. The molecule has 3 aliphatic heterocycles. The van der Waals surface area contributed by atoms with E-state index in [2.05, 4.69) is 28.5 Å². The molecule has 3 heterocycles. The SMILES string of the molecule is C=C1N=C(O)CS1.C=C1[N-]C(=O)CS1.O=C1CSC(O)=N1.[Y].[Y].[Y].[Y].[Y]. The second-order valence-electron chi connectivity index (χ2n) is 3.48. The molecule has 2 N–H and O–H groups in total. The van der Waals surface area contributed by atoms with Crippen molar-refractivity contribution in [3.8, 4) is 0 Å². The maximum absolute atomic E-state index is 10.2. The van der Waals surface area contributed by atoms with Gasteiger partial charge in [0.25, 0.3) is 11.1 Å². The summed E-state index contributed by atoms with van der Waals surface area (Å²) in [5, 5.41) is 21.7. The number of aliphatic hydroxyl groups is 2. The molecule has 1 fully saturated rings. The van der Waals surface area contributed by atoms with Crippen molar-refractivity contribution in [3.63, 3.8) is 0 Å². The Morgan fingerprint density at radius 1 is 0.846 bits per heavy atom. The van der Waals surface area contributed by atoms with Crippen LogP contribution in [0.5, 0.6) is 0 Å². The Morgan fingerprint density at radius 3 is 1.54 bits per heavy atom. The van der Waals surface area contributed by atoms with Crippen LogP contribution in [-0.2, 0) is 173 Å². The molecule has 0 aromatic carbocycles. The molecule has 3 rings (SSSR count). The molecule has 0 unspecified atom stereocenters. The number of nitrogens with zero attached hydrogens (tertiary/aromatic N) is 3. The first-order valence-corrected chi connectivity index (χ1v) is 8.40. The topological polar surface area (TPSA) is 113 Å². The number of aliphatic imine (C=N–C) groups is 2. The van der Waals surface area contributed by atoms with Crippen molar-refractivity contribution in [1.82, 2.24) is 0 Å². The van der Waals surface area contributed by atoms with Crippen molar-refractivity contribution in [1.29, 1.82) is 0 Å². The second-order valence-corrected chi connectivity index (χ2v) is 6.51. The van der Waals surface area contributed by atoms with Crippen LogP contribution in [-0.4, -0.2) is 50.4 Å². The van der Waals surface area contributed by atoms with Gasteiger partial charge in [0.2, 0.25) is 0 Å². The molecule has 1 saturated heterocycles. The van der Waals surface area contributed by atoms with Crippen LogP contribution in [0.1, 0.15) is 0 Å². The molecular formula is C11H12N3O4S3Y5-. The van der Waals surface area contributed by atoms with Gasteiger partial charge in [-0.05, 0) is 0 Å². The van der Waals surface area contributed by atoms with Crippen molar-refractivity contribution in [2.75, 3.05) is 17.3 Å². The maximum Gasteiger partial charge on any atom is 0.259 e. The minimum absolute atomic E-state index is 0. The summed E-state index contributed by atoms with van der Waals surface area (Å²) >= 11 is 3.91. The van der Waals surface area contributed by atoms with Gasteiger partial charge < -0.3 is 20.3 Å². The average Bonchev–Trinajstić information content (AvgIpc) is 3.06. The standard InChI is InChI=1S/2C4H5NOS.C3H3NO2S.5Y/c2*1-3-5-4(6)2-7-3;5-2-1-7-3(6)4-2;;;;;/h2*1-2H2,(H,5,6);1H2,(H,4,5,6);;;;;/p-1. The largest absolute Gasteiger partial charge is 0.621 e. The molecule has 0 aromatic rings. The average molecular weight is 791 g/mol. The van der Waals surface area contributed by atoms with Crippen LogP contribution < -0.4 is 0 Å². The summed E-state index contributed by atoms with van der Waals surface area (Å²) in [6.07, 6.45) is 0. The van der Waals surface area contributed by atoms with E-state index < -0.39 is 0 Å². The number of hydrogen-bond acceptors (Lipinski definition) is 6. The summed E-state index contributed by atoms with van der Waals surface area (Å²) in [5.74, 6) is 1.26. The van der Waals surface area contributed by atoms with E-state index in [0.717, 1.165) is 11.8 Å². The van der Waals surface area contributed by atoms with Crippen LogP contribution in [0.15, 0.2) is 33.2 Å². The summed E-state index contributed by atoms with van der Waals surface area (Å²) in [7, 11) is 0. The van der Waals surface area contributed by atoms with Crippen molar-refractivity contribution in [2.24, 2.45) is 9.98 Å². The van der Waals surface area contributed by atoms with Gasteiger partial charge in [0.15, 0.2) is 5.90 Å². The Morgan fingerprint density at radius 2 is 1.42 bits per heavy atom. The number of hydrogen-bond donors (Lipinski definition) is 2. The molecule has 26 heavy (non-hydrogen) atoms. The van der Waals surface area contributed by atoms with Gasteiger partial charge >= 0.3 is 0 Å². The van der Waals surface area contributed by atoms with E-state index in [-0.39, 0.29) is 186 Å². The molecule has 0 aromatic heterocycles. The predicted octanol–water partition coefficient (Wildman–Crippen LogP) is 2.43. The first kappa shape index (κ1) is 40.5. The summed E-state index contributed by atoms with van der Waals surface area (Å²) in [6, 6.07) is 0. The van der Waals surface area contributed by atoms with Crippen LogP contribution in [0.4, 0.5) is 0 Å². The Kier molecular flexibility index (Phi) is 37.0. The number of carbonyl (C=O) groups excluding carboxylic acids is 2. The monoisotopic (exact) mass is 791 g/mol. The minimum atomic E-state index is -0.248. The van der Waals surface area contributed by atoms with Gasteiger partial charge in [-0.2, -0.15) is 4.99 Å². The molecule has 129 valence electrons. The smallest absolute Gasteiger partial charge is 0.259 e. The van der Waals surface area contributed by atoms with E-state index in [1.165, 1.54) is 23.5 Å². The number of aliphatic hydroxyl groups excluding tert-OH is 2. The predicted molar refractivity (Wildman–Crippen MR) is 89.2 cm³/mol. The molecule has 0 bridgehead atoms. The van der Waals surface area contributed by atoms with Gasteiger partial charge in [-0.25, -0.2) is 4.99 Å². The normalized spacial score (nSPS) is 16.2. The number of amides is 2. The van der Waals surface area contributed by atoms with Crippen LogP contribution in [0.2, 0.25) is 0 Å². The van der Waals surface area contributed by atoms with Crippen molar-refractivity contribution in [3.05, 3.63) is 28.5 Å². The van der Waals surface area contributed by atoms with E-state index in [9.17, 15) is 9.59 Å².